The number of fused-ring (bicyclic) bond motifs is 1. The molecule has 0 spiro atoms. The zero-order chi connectivity index (χ0) is 24.1. The molecule has 1 aliphatic carbocycles. The van der Waals surface area contributed by atoms with Crippen LogP contribution in [0.2, 0.25) is 0 Å². The molecule has 1 saturated carbocycles. The van der Waals surface area contributed by atoms with E-state index < -0.39 is 11.7 Å². The van der Waals surface area contributed by atoms with Gasteiger partial charge in [0, 0.05) is 30.4 Å². The maximum absolute atomic E-state index is 15.2. The summed E-state index contributed by atoms with van der Waals surface area (Å²) < 4.78 is 17.0. The average molecular weight is 472 g/mol. The summed E-state index contributed by atoms with van der Waals surface area (Å²) in [6.07, 6.45) is 6.63. The van der Waals surface area contributed by atoms with Gasteiger partial charge in [-0.15, -0.1) is 0 Å². The molecule has 1 atom stereocenters. The van der Waals surface area contributed by atoms with E-state index in [9.17, 15) is 4.79 Å². The van der Waals surface area contributed by atoms with E-state index in [0.29, 0.717) is 23.1 Å². The Morgan fingerprint density at radius 3 is 2.66 bits per heavy atom. The van der Waals surface area contributed by atoms with Crippen LogP contribution in [0.1, 0.15) is 52.7 Å². The molecule has 178 valence electrons. The highest BCUT2D eigenvalue weighted by Gasteiger charge is 2.28. The van der Waals surface area contributed by atoms with Crippen LogP contribution in [0.3, 0.4) is 0 Å². The molecule has 4 heterocycles. The Labute approximate surface area is 202 Å². The van der Waals surface area contributed by atoms with Crippen LogP contribution in [-0.2, 0) is 0 Å². The van der Waals surface area contributed by atoms with Gasteiger partial charge in [-0.05, 0) is 74.7 Å². The van der Waals surface area contributed by atoms with Crippen molar-refractivity contribution in [3.05, 3.63) is 71.4 Å². The highest BCUT2D eigenvalue weighted by atomic mass is 19.1. The molecule has 8 nitrogen and oxygen atoms in total. The van der Waals surface area contributed by atoms with Gasteiger partial charge in [0.2, 0.25) is 5.95 Å². The topological polar surface area (TPSA) is 101 Å². The number of anilines is 2. The summed E-state index contributed by atoms with van der Waals surface area (Å²) in [4.78, 5) is 28.4. The van der Waals surface area contributed by atoms with E-state index in [2.05, 4.69) is 27.2 Å². The van der Waals surface area contributed by atoms with Gasteiger partial charge in [-0.2, -0.15) is 0 Å². The number of halogens is 1. The molecule has 0 bridgehead atoms. The number of hydrogen-bond acceptors (Lipinski definition) is 6. The number of nitrogens with one attached hydrogen (secondary N) is 1. The summed E-state index contributed by atoms with van der Waals surface area (Å²) in [5.41, 5.74) is 9.63. The van der Waals surface area contributed by atoms with Crippen molar-refractivity contribution in [2.75, 3.05) is 31.2 Å². The molecule has 1 unspecified atom stereocenters. The van der Waals surface area contributed by atoms with E-state index in [4.69, 9.17) is 10.7 Å². The van der Waals surface area contributed by atoms with Crippen LogP contribution in [0.25, 0.3) is 16.9 Å². The number of pyridine rings is 1. The zero-order valence-electron chi connectivity index (χ0n) is 19.4. The minimum atomic E-state index is -0.639. The number of amides is 1. The number of imidazole rings is 1. The van der Waals surface area contributed by atoms with Gasteiger partial charge < -0.3 is 16.0 Å². The number of hydrogen-bond donors (Lipinski definition) is 2. The third-order valence-corrected chi connectivity index (χ3v) is 6.93. The lowest BCUT2D eigenvalue weighted by molar-refractivity contribution is 0.102. The normalized spacial score (nSPS) is 18.3. The number of rotatable bonds is 5. The molecule has 2 aliphatic rings. The monoisotopic (exact) mass is 471 g/mol. The third kappa shape index (κ3) is 4.01. The lowest BCUT2D eigenvalue weighted by Gasteiger charge is -2.09. The van der Waals surface area contributed by atoms with Crippen molar-refractivity contribution in [2.45, 2.75) is 31.1 Å². The molecular weight excluding hydrogens is 445 g/mol. The summed E-state index contributed by atoms with van der Waals surface area (Å²) in [5.74, 6) is 0.835. The van der Waals surface area contributed by atoms with Gasteiger partial charge in [-0.3, -0.25) is 9.20 Å². The summed E-state index contributed by atoms with van der Waals surface area (Å²) in [6, 6.07) is 10.2. The fraction of sp³-hybridized carbons (Fsp3) is 0.308. The van der Waals surface area contributed by atoms with Crippen LogP contribution in [0.5, 0.6) is 0 Å². The quantitative estimate of drug-likeness (QED) is 0.455. The number of aromatic nitrogens is 4. The Bertz CT molecular complexity index is 1450. The molecule has 6 rings (SSSR count). The van der Waals surface area contributed by atoms with Gasteiger partial charge in [0.05, 0.1) is 16.8 Å². The summed E-state index contributed by atoms with van der Waals surface area (Å²) >= 11 is 0. The second-order valence-electron chi connectivity index (χ2n) is 9.49. The fourth-order valence-electron chi connectivity index (χ4n) is 4.94. The SMILES string of the molecule is CN1CCC(c2nc(-c3ccc(C(=O)Nc4cc(C5CC5)ccn4)c(F)c3)n3c(N)nccc23)C1. The number of likely N-dealkylation sites (N-methyl/N-ethyl adjacent to an activating group) is 1. The maximum Gasteiger partial charge on any atom is 0.259 e. The van der Waals surface area contributed by atoms with Crippen LogP contribution in [-0.4, -0.2) is 50.3 Å². The standard InChI is InChI=1S/C26H26FN7O/c1-33-11-8-18(14-33)23-21-7-10-30-26(28)34(21)24(32-23)17-4-5-19(20(27)12-17)25(35)31-22-13-16(6-9-29-22)15-2-3-15/h4-7,9-10,12-13,15,18H,2-3,8,11,14H2,1H3,(H2,28,30)(H,29,31,35). The summed E-state index contributed by atoms with van der Waals surface area (Å²) in [5, 5.41) is 2.72. The first-order valence-corrected chi connectivity index (χ1v) is 11.9. The van der Waals surface area contributed by atoms with Gasteiger partial charge in [0.1, 0.15) is 17.5 Å². The molecule has 9 heteroatoms. The van der Waals surface area contributed by atoms with Gasteiger partial charge >= 0.3 is 0 Å². The van der Waals surface area contributed by atoms with Crippen molar-refractivity contribution in [3.8, 4) is 11.4 Å². The van der Waals surface area contributed by atoms with Crippen LogP contribution < -0.4 is 11.1 Å². The molecule has 1 aliphatic heterocycles. The van der Waals surface area contributed by atoms with E-state index in [1.54, 1.807) is 22.9 Å². The predicted molar refractivity (Wildman–Crippen MR) is 132 cm³/mol. The Hall–Kier alpha value is -3.85. The molecule has 1 amide bonds. The molecule has 2 fully saturated rings. The lowest BCUT2D eigenvalue weighted by atomic mass is 10.0. The minimum absolute atomic E-state index is 0.0584. The van der Waals surface area contributed by atoms with Gasteiger partial charge in [0.15, 0.2) is 0 Å². The molecule has 3 N–H and O–H groups in total. The Morgan fingerprint density at radius 2 is 1.91 bits per heavy atom. The molecule has 1 saturated heterocycles. The average Bonchev–Trinajstić information content (AvgIpc) is 3.49. The van der Waals surface area contributed by atoms with Crippen molar-refractivity contribution in [1.29, 1.82) is 0 Å². The first-order chi connectivity index (χ1) is 17.0. The Balaban J connectivity index is 1.32. The maximum atomic E-state index is 15.2. The molecule has 0 radical (unpaired) electrons. The number of nitrogen functional groups attached to an aromatic ring is 1. The number of benzene rings is 1. The number of carbonyl (C=O) groups is 1. The van der Waals surface area contributed by atoms with Crippen molar-refractivity contribution in [3.63, 3.8) is 0 Å². The van der Waals surface area contributed by atoms with Crippen molar-refractivity contribution < 1.29 is 9.18 Å². The van der Waals surface area contributed by atoms with Crippen LogP contribution in [0, 0.1) is 5.82 Å². The number of nitrogens with zero attached hydrogens (tertiary/aromatic N) is 5. The zero-order valence-corrected chi connectivity index (χ0v) is 19.4. The first-order valence-electron chi connectivity index (χ1n) is 11.9. The van der Waals surface area contributed by atoms with Gasteiger partial charge in [-0.1, -0.05) is 6.07 Å². The van der Waals surface area contributed by atoms with Crippen molar-refractivity contribution in [1.82, 2.24) is 24.3 Å². The second-order valence-corrected chi connectivity index (χ2v) is 9.49. The van der Waals surface area contributed by atoms with Crippen molar-refractivity contribution in [2.24, 2.45) is 0 Å². The highest BCUT2D eigenvalue weighted by Crippen LogP contribution is 2.40. The molecular formula is C26H26FN7O. The Kier molecular flexibility index (Phi) is 5.21. The van der Waals surface area contributed by atoms with E-state index >= 15 is 4.39 Å². The lowest BCUT2D eigenvalue weighted by Crippen LogP contribution is -2.15. The van der Waals surface area contributed by atoms with Crippen LogP contribution >= 0.6 is 0 Å². The predicted octanol–water partition coefficient (Wildman–Crippen LogP) is 4.06. The third-order valence-electron chi connectivity index (χ3n) is 6.93. The molecule has 3 aromatic heterocycles. The first kappa shape index (κ1) is 21.7. The van der Waals surface area contributed by atoms with Crippen LogP contribution in [0.4, 0.5) is 16.2 Å². The van der Waals surface area contributed by atoms with E-state index in [1.165, 1.54) is 12.1 Å². The fourth-order valence-corrected chi connectivity index (χ4v) is 4.94. The number of carbonyl (C=O) groups excluding carboxylic acids is 1. The molecule has 1 aromatic carbocycles. The smallest absolute Gasteiger partial charge is 0.259 e. The van der Waals surface area contributed by atoms with Crippen LogP contribution in [0.15, 0.2) is 48.8 Å². The van der Waals surface area contributed by atoms with Crippen molar-refractivity contribution >= 4 is 23.2 Å². The second kappa shape index (κ2) is 8.42. The number of likely N-dealkylation sites (tertiary alicyclic amines) is 1. The highest BCUT2D eigenvalue weighted by molar-refractivity contribution is 6.04. The summed E-state index contributed by atoms with van der Waals surface area (Å²) in [6.45, 7) is 1.90. The summed E-state index contributed by atoms with van der Waals surface area (Å²) in [7, 11) is 2.09. The van der Waals surface area contributed by atoms with Gasteiger partial charge in [0.25, 0.3) is 5.91 Å². The minimum Gasteiger partial charge on any atom is -0.369 e. The largest absolute Gasteiger partial charge is 0.369 e. The van der Waals surface area contributed by atoms with E-state index in [0.717, 1.165) is 49.1 Å². The number of nitrogens with two attached hydrogens (primary N) is 1. The molecule has 35 heavy (non-hydrogen) atoms. The van der Waals surface area contributed by atoms with Gasteiger partial charge in [-0.25, -0.2) is 19.3 Å². The van der Waals surface area contributed by atoms with E-state index in [-0.39, 0.29) is 17.4 Å². The Morgan fingerprint density at radius 1 is 1.09 bits per heavy atom. The van der Waals surface area contributed by atoms with E-state index in [1.807, 2.05) is 18.2 Å². The molecule has 4 aromatic rings.